The summed E-state index contributed by atoms with van der Waals surface area (Å²) in [7, 11) is -4.31. The molecule has 0 N–H and O–H groups in total. The van der Waals surface area contributed by atoms with E-state index in [0.29, 0.717) is 10.7 Å². The summed E-state index contributed by atoms with van der Waals surface area (Å²) in [6, 6.07) is 8.02. The Morgan fingerprint density at radius 2 is 1.50 bits per heavy atom. The number of hydrogen-bond acceptors (Lipinski definition) is 7. The molecule has 0 saturated heterocycles. The molecule has 2 heterocycles. The van der Waals surface area contributed by atoms with Crippen LogP contribution in [0.3, 0.4) is 0 Å². The standard InChI is InChI=1S/C21H15ClN2O7S/c1-2-7-23-17-6-4-13(11-15(17)19(26)20(23)27)32(29,30)31-9-8-24-16-5-3-12(22)10-14(16)18(25)21(24)28/h2-6,10-11H,1,7-9H2. The first-order valence-corrected chi connectivity index (χ1v) is 11.1. The van der Waals surface area contributed by atoms with Crippen molar-refractivity contribution in [3.8, 4) is 0 Å². The van der Waals surface area contributed by atoms with Crippen molar-refractivity contribution in [3.05, 3.63) is 65.2 Å². The van der Waals surface area contributed by atoms with Crippen LogP contribution in [-0.4, -0.2) is 51.5 Å². The summed E-state index contributed by atoms with van der Waals surface area (Å²) in [4.78, 5) is 50.6. The SMILES string of the molecule is C=CCN1C(=O)C(=O)c2cc(S(=O)(=O)OCCN3C(=O)C(=O)c4cc(Cl)ccc43)ccc21. The van der Waals surface area contributed by atoms with Crippen LogP contribution in [0, 0.1) is 0 Å². The van der Waals surface area contributed by atoms with Crippen molar-refractivity contribution < 1.29 is 31.8 Å². The van der Waals surface area contributed by atoms with Crippen LogP contribution in [0.15, 0.2) is 53.9 Å². The van der Waals surface area contributed by atoms with Crippen molar-refractivity contribution in [2.75, 3.05) is 29.5 Å². The number of ketones is 2. The van der Waals surface area contributed by atoms with E-state index in [-0.39, 0.29) is 34.8 Å². The molecule has 0 aromatic heterocycles. The molecule has 32 heavy (non-hydrogen) atoms. The molecule has 0 saturated carbocycles. The predicted molar refractivity (Wildman–Crippen MR) is 115 cm³/mol. The van der Waals surface area contributed by atoms with E-state index in [1.165, 1.54) is 41.3 Å². The van der Waals surface area contributed by atoms with E-state index < -0.39 is 40.1 Å². The van der Waals surface area contributed by atoms with Crippen LogP contribution >= 0.6 is 11.6 Å². The van der Waals surface area contributed by atoms with Gasteiger partial charge in [0.05, 0.1) is 40.5 Å². The van der Waals surface area contributed by atoms with Crippen LogP contribution in [0.1, 0.15) is 20.7 Å². The average Bonchev–Trinajstić information content (AvgIpc) is 3.14. The molecule has 9 nitrogen and oxygen atoms in total. The number of halogens is 1. The van der Waals surface area contributed by atoms with Gasteiger partial charge in [-0.05, 0) is 36.4 Å². The van der Waals surface area contributed by atoms with E-state index >= 15 is 0 Å². The number of anilines is 2. The molecule has 0 bridgehead atoms. The Kier molecular flexibility index (Phi) is 5.45. The molecule has 2 aliphatic rings. The number of fused-ring (bicyclic) bond motifs is 2. The molecule has 164 valence electrons. The van der Waals surface area contributed by atoms with Gasteiger partial charge in [0.1, 0.15) is 0 Å². The van der Waals surface area contributed by atoms with Crippen molar-refractivity contribution in [3.63, 3.8) is 0 Å². The monoisotopic (exact) mass is 474 g/mol. The van der Waals surface area contributed by atoms with Gasteiger partial charge >= 0.3 is 0 Å². The third-order valence-corrected chi connectivity index (χ3v) is 6.57. The van der Waals surface area contributed by atoms with Gasteiger partial charge in [0.15, 0.2) is 0 Å². The lowest BCUT2D eigenvalue weighted by Crippen LogP contribution is -2.33. The topological polar surface area (TPSA) is 118 Å². The first-order valence-electron chi connectivity index (χ1n) is 9.32. The largest absolute Gasteiger partial charge is 0.302 e. The summed E-state index contributed by atoms with van der Waals surface area (Å²) in [5.74, 6) is -3.15. The Morgan fingerprint density at radius 1 is 0.906 bits per heavy atom. The van der Waals surface area contributed by atoms with Crippen molar-refractivity contribution in [2.24, 2.45) is 0 Å². The number of hydrogen-bond donors (Lipinski definition) is 0. The van der Waals surface area contributed by atoms with Crippen LogP contribution in [0.5, 0.6) is 0 Å². The van der Waals surface area contributed by atoms with Crippen molar-refractivity contribution in [1.82, 2.24) is 0 Å². The molecule has 2 aliphatic heterocycles. The summed E-state index contributed by atoms with van der Waals surface area (Å²) in [6.45, 7) is 3.00. The average molecular weight is 475 g/mol. The minimum absolute atomic E-state index is 0.0485. The summed E-state index contributed by atoms with van der Waals surface area (Å²) in [5, 5.41) is 0.293. The second-order valence-corrected chi connectivity index (χ2v) is 8.99. The highest BCUT2D eigenvalue weighted by molar-refractivity contribution is 7.86. The lowest BCUT2D eigenvalue weighted by molar-refractivity contribution is -0.114. The highest BCUT2D eigenvalue weighted by atomic mass is 35.5. The molecule has 0 radical (unpaired) electrons. The Balaban J connectivity index is 1.50. The van der Waals surface area contributed by atoms with Crippen LogP contribution in [-0.2, 0) is 23.9 Å². The molecule has 0 spiro atoms. The van der Waals surface area contributed by atoms with Gasteiger partial charge < -0.3 is 9.80 Å². The highest BCUT2D eigenvalue weighted by Crippen LogP contribution is 2.32. The number of carbonyl (C=O) groups is 4. The zero-order chi connectivity index (χ0) is 23.2. The Hall–Kier alpha value is -3.34. The second-order valence-electron chi connectivity index (χ2n) is 6.94. The molecule has 4 rings (SSSR count). The summed E-state index contributed by atoms with van der Waals surface area (Å²) >= 11 is 5.86. The van der Waals surface area contributed by atoms with Crippen LogP contribution in [0.4, 0.5) is 11.4 Å². The second kappa shape index (κ2) is 7.97. The highest BCUT2D eigenvalue weighted by Gasteiger charge is 2.37. The smallest absolute Gasteiger partial charge is 0.299 e. The van der Waals surface area contributed by atoms with Gasteiger partial charge in [0.25, 0.3) is 33.5 Å². The van der Waals surface area contributed by atoms with E-state index in [1.807, 2.05) is 0 Å². The first kappa shape index (κ1) is 21.9. The molecule has 2 aromatic rings. The molecule has 0 aliphatic carbocycles. The Bertz CT molecular complexity index is 1320. The van der Waals surface area contributed by atoms with Gasteiger partial charge in [0, 0.05) is 11.6 Å². The fourth-order valence-electron chi connectivity index (χ4n) is 3.55. The molecular weight excluding hydrogens is 460 g/mol. The zero-order valence-electron chi connectivity index (χ0n) is 16.4. The number of nitrogens with zero attached hydrogens (tertiary/aromatic N) is 2. The first-order chi connectivity index (χ1) is 15.2. The summed E-state index contributed by atoms with van der Waals surface area (Å²) < 4.78 is 30.2. The van der Waals surface area contributed by atoms with E-state index in [4.69, 9.17) is 15.8 Å². The van der Waals surface area contributed by atoms with Gasteiger partial charge in [-0.1, -0.05) is 17.7 Å². The van der Waals surface area contributed by atoms with Crippen LogP contribution in [0.2, 0.25) is 5.02 Å². The minimum atomic E-state index is -4.31. The number of Topliss-reactive ketones (excluding diaryl/α,β-unsaturated/α-hetero) is 2. The van der Waals surface area contributed by atoms with E-state index in [1.54, 1.807) is 0 Å². The Morgan fingerprint density at radius 3 is 2.19 bits per heavy atom. The lowest BCUT2D eigenvalue weighted by Gasteiger charge is -2.16. The summed E-state index contributed by atoms with van der Waals surface area (Å²) in [6.07, 6.45) is 1.45. The minimum Gasteiger partial charge on any atom is -0.302 e. The van der Waals surface area contributed by atoms with Gasteiger partial charge in [-0.25, -0.2) is 0 Å². The number of carbonyl (C=O) groups excluding carboxylic acids is 4. The maximum Gasteiger partial charge on any atom is 0.299 e. The van der Waals surface area contributed by atoms with Gasteiger partial charge in [-0.2, -0.15) is 8.42 Å². The number of amides is 2. The molecule has 2 aromatic carbocycles. The molecule has 11 heteroatoms. The van der Waals surface area contributed by atoms with E-state index in [9.17, 15) is 27.6 Å². The van der Waals surface area contributed by atoms with E-state index in [2.05, 4.69) is 6.58 Å². The van der Waals surface area contributed by atoms with Crippen LogP contribution < -0.4 is 9.80 Å². The third kappa shape index (κ3) is 3.52. The molecule has 0 atom stereocenters. The van der Waals surface area contributed by atoms with E-state index in [0.717, 1.165) is 11.0 Å². The summed E-state index contributed by atoms with van der Waals surface area (Å²) in [5.41, 5.74) is 0.688. The Labute approximate surface area is 187 Å². The number of rotatable bonds is 7. The van der Waals surface area contributed by atoms with Gasteiger partial charge in [0.2, 0.25) is 0 Å². The molecule has 2 amide bonds. The maximum absolute atomic E-state index is 12.6. The third-order valence-electron chi connectivity index (χ3n) is 5.03. The molecule has 0 unspecified atom stereocenters. The fourth-order valence-corrected chi connectivity index (χ4v) is 4.65. The zero-order valence-corrected chi connectivity index (χ0v) is 18.0. The fraction of sp³-hybridized carbons (Fsp3) is 0.143. The maximum atomic E-state index is 12.6. The quantitative estimate of drug-likeness (QED) is 0.342. The van der Waals surface area contributed by atoms with Gasteiger partial charge in [-0.3, -0.25) is 23.4 Å². The van der Waals surface area contributed by atoms with Crippen molar-refractivity contribution >= 4 is 56.5 Å². The molecule has 0 fully saturated rings. The van der Waals surface area contributed by atoms with Crippen molar-refractivity contribution in [2.45, 2.75) is 4.90 Å². The van der Waals surface area contributed by atoms with Crippen molar-refractivity contribution in [1.29, 1.82) is 0 Å². The van der Waals surface area contributed by atoms with Crippen LogP contribution in [0.25, 0.3) is 0 Å². The molecular formula is C21H15ClN2O7S. The lowest BCUT2D eigenvalue weighted by atomic mass is 10.1. The van der Waals surface area contributed by atoms with Gasteiger partial charge in [-0.15, -0.1) is 6.58 Å². The number of benzene rings is 2. The predicted octanol–water partition coefficient (Wildman–Crippen LogP) is 1.99. The normalized spacial score (nSPS) is 15.4.